The second-order valence-corrected chi connectivity index (χ2v) is 9.20. The Morgan fingerprint density at radius 2 is 1.74 bits per heavy atom. The van der Waals surface area contributed by atoms with Gasteiger partial charge in [-0.1, -0.05) is 59.7 Å². The van der Waals surface area contributed by atoms with Crippen LogP contribution in [0.5, 0.6) is 0 Å². The van der Waals surface area contributed by atoms with E-state index < -0.39 is 23.1 Å². The molecule has 3 atom stereocenters. The highest BCUT2D eigenvalue weighted by Crippen LogP contribution is 2.56. The summed E-state index contributed by atoms with van der Waals surface area (Å²) in [5.41, 5.74) is 2.59. The molecule has 3 aromatic rings. The Hall–Kier alpha value is -2.34. The third kappa shape index (κ3) is 3.36. The largest absolute Gasteiger partial charge is 0.372 e. The highest BCUT2D eigenvalue weighted by molar-refractivity contribution is 7.80. The number of hydrogen-bond acceptors (Lipinski definition) is 2. The fraction of sp³-hybridized carbons (Fsp3) is 0.167. The van der Waals surface area contributed by atoms with Gasteiger partial charge in [0.15, 0.2) is 11.6 Å². The molecular formula is C24H16Cl2F2N2S. The van der Waals surface area contributed by atoms with Crippen molar-refractivity contribution in [2.75, 3.05) is 0 Å². The Bertz CT molecular complexity index is 1250. The summed E-state index contributed by atoms with van der Waals surface area (Å²) < 4.78 is 27.9. The fourth-order valence-corrected chi connectivity index (χ4v) is 5.44. The lowest BCUT2D eigenvalue weighted by Gasteiger charge is -2.48. The Balaban J connectivity index is 1.77. The summed E-state index contributed by atoms with van der Waals surface area (Å²) in [7, 11) is 0. The van der Waals surface area contributed by atoms with Gasteiger partial charge in [-0.25, -0.2) is 8.78 Å². The number of benzene rings is 3. The van der Waals surface area contributed by atoms with E-state index in [1.165, 1.54) is 6.07 Å². The maximum atomic E-state index is 14.2. The van der Waals surface area contributed by atoms with Crippen LogP contribution < -0.4 is 5.32 Å². The van der Waals surface area contributed by atoms with Gasteiger partial charge in [0.25, 0.3) is 0 Å². The topological polar surface area (TPSA) is 24.4 Å². The average Bonchev–Trinajstić information content (AvgIpc) is 3.10. The molecule has 31 heavy (non-hydrogen) atoms. The lowest BCUT2D eigenvalue weighted by molar-refractivity contribution is 0.345. The van der Waals surface area contributed by atoms with Crippen LogP contribution in [0.25, 0.3) is 0 Å². The van der Waals surface area contributed by atoms with Crippen LogP contribution >= 0.6 is 35.4 Å². The maximum absolute atomic E-state index is 14.2. The standard InChI is InChI=1S/C24H16Cl2F2N2S/c25-15-3-1-2-13(8-15)18-11-22(31)30-23(14-4-7-19(27)20(28)9-14)24(18)12-29-21-10-16(26)5-6-17(21)24/h1-10,12,18,23H,11H2,(H,30,31)/t18-,23+,24+/m0/s1. The molecule has 5 rings (SSSR count). The molecule has 1 N–H and O–H groups in total. The number of hydrogen-bond donors (Lipinski definition) is 1. The first-order valence-corrected chi connectivity index (χ1v) is 10.9. The summed E-state index contributed by atoms with van der Waals surface area (Å²) in [5, 5.41) is 4.56. The molecule has 1 fully saturated rings. The number of thiocarbonyl (C=S) groups is 1. The van der Waals surface area contributed by atoms with Crippen molar-refractivity contribution >= 4 is 52.3 Å². The minimum Gasteiger partial charge on any atom is -0.372 e. The number of fused-ring (bicyclic) bond motifs is 2. The van der Waals surface area contributed by atoms with E-state index in [1.807, 2.05) is 48.7 Å². The minimum absolute atomic E-state index is 0.121. The van der Waals surface area contributed by atoms with E-state index >= 15 is 0 Å². The average molecular weight is 473 g/mol. The molecule has 2 aliphatic rings. The molecule has 0 aliphatic carbocycles. The van der Waals surface area contributed by atoms with Crippen LogP contribution in [0.4, 0.5) is 14.5 Å². The van der Waals surface area contributed by atoms with Gasteiger partial charge in [-0.05, 0) is 53.1 Å². The molecule has 0 aromatic heterocycles. The third-order valence-electron chi connectivity index (χ3n) is 6.12. The first kappa shape index (κ1) is 20.6. The van der Waals surface area contributed by atoms with Gasteiger partial charge in [0.2, 0.25) is 0 Å². The molecule has 2 nitrogen and oxygen atoms in total. The van der Waals surface area contributed by atoms with Crippen molar-refractivity contribution in [1.29, 1.82) is 0 Å². The predicted octanol–water partition coefficient (Wildman–Crippen LogP) is 7.07. The third-order valence-corrected chi connectivity index (χ3v) is 6.88. The molecule has 0 radical (unpaired) electrons. The molecule has 3 aromatic carbocycles. The Morgan fingerprint density at radius 1 is 0.935 bits per heavy atom. The number of halogens is 4. The van der Waals surface area contributed by atoms with Gasteiger partial charge in [-0.2, -0.15) is 0 Å². The summed E-state index contributed by atoms with van der Waals surface area (Å²) in [6, 6.07) is 16.7. The molecule has 1 spiro atoms. The summed E-state index contributed by atoms with van der Waals surface area (Å²) in [6.45, 7) is 0. The first-order chi connectivity index (χ1) is 14.9. The molecule has 0 bridgehead atoms. The van der Waals surface area contributed by atoms with Crippen LogP contribution in [0.2, 0.25) is 10.0 Å². The number of nitrogens with zero attached hydrogens (tertiary/aromatic N) is 1. The van der Waals surface area contributed by atoms with Gasteiger partial charge in [0.1, 0.15) is 0 Å². The smallest absolute Gasteiger partial charge is 0.159 e. The molecule has 1 saturated heterocycles. The molecule has 0 unspecified atom stereocenters. The molecule has 2 aliphatic heterocycles. The second kappa shape index (κ2) is 7.66. The Morgan fingerprint density at radius 3 is 2.52 bits per heavy atom. The van der Waals surface area contributed by atoms with Crippen LogP contribution in [0.3, 0.4) is 0 Å². The van der Waals surface area contributed by atoms with Crippen molar-refractivity contribution in [3.05, 3.63) is 99.0 Å². The van der Waals surface area contributed by atoms with E-state index in [0.717, 1.165) is 22.9 Å². The number of nitrogens with one attached hydrogen (secondary N) is 1. The highest BCUT2D eigenvalue weighted by Gasteiger charge is 2.53. The minimum atomic E-state index is -0.906. The van der Waals surface area contributed by atoms with Crippen molar-refractivity contribution in [2.24, 2.45) is 4.99 Å². The zero-order chi connectivity index (χ0) is 21.8. The summed E-state index contributed by atoms with van der Waals surface area (Å²) >= 11 is 18.1. The molecule has 2 heterocycles. The van der Waals surface area contributed by atoms with Crippen LogP contribution in [-0.2, 0) is 5.41 Å². The maximum Gasteiger partial charge on any atom is 0.159 e. The second-order valence-electron chi connectivity index (χ2n) is 7.84. The van der Waals surface area contributed by atoms with Gasteiger partial charge in [-0.3, -0.25) is 4.99 Å². The van der Waals surface area contributed by atoms with Gasteiger partial charge >= 0.3 is 0 Å². The summed E-state index contributed by atoms with van der Waals surface area (Å²) in [5.74, 6) is -1.92. The van der Waals surface area contributed by atoms with E-state index in [9.17, 15) is 8.78 Å². The normalized spacial score (nSPS) is 24.3. The van der Waals surface area contributed by atoms with Crippen molar-refractivity contribution < 1.29 is 8.78 Å². The van der Waals surface area contributed by atoms with Crippen LogP contribution in [-0.4, -0.2) is 11.2 Å². The monoisotopic (exact) mass is 472 g/mol. The number of aliphatic imine (C=N–C) groups is 1. The molecule has 0 amide bonds. The fourth-order valence-electron chi connectivity index (χ4n) is 4.79. The lowest BCUT2D eigenvalue weighted by Crippen LogP contribution is -2.53. The number of piperidine rings is 1. The first-order valence-electron chi connectivity index (χ1n) is 9.73. The summed E-state index contributed by atoms with van der Waals surface area (Å²) in [4.78, 5) is 5.32. The van der Waals surface area contributed by atoms with Crippen LogP contribution in [0, 0.1) is 11.6 Å². The van der Waals surface area contributed by atoms with Crippen molar-refractivity contribution in [3.63, 3.8) is 0 Å². The van der Waals surface area contributed by atoms with Crippen molar-refractivity contribution in [3.8, 4) is 0 Å². The van der Waals surface area contributed by atoms with Gasteiger partial charge in [0.05, 0.1) is 22.1 Å². The molecule has 156 valence electrons. The zero-order valence-corrected chi connectivity index (χ0v) is 18.4. The Kier molecular flexibility index (Phi) is 5.08. The SMILES string of the molecule is Fc1ccc([C@H]2NC(=S)C[C@@H](c3cccc(Cl)c3)[C@]23C=Nc2cc(Cl)ccc23)cc1F. The van der Waals surface area contributed by atoms with E-state index in [0.29, 0.717) is 27.0 Å². The molecular weight excluding hydrogens is 457 g/mol. The van der Waals surface area contributed by atoms with Crippen LogP contribution in [0.1, 0.15) is 35.1 Å². The highest BCUT2D eigenvalue weighted by atomic mass is 35.5. The Labute approximate surface area is 193 Å². The molecule has 0 saturated carbocycles. The van der Waals surface area contributed by atoms with Gasteiger partial charge in [0, 0.05) is 28.6 Å². The van der Waals surface area contributed by atoms with E-state index in [4.69, 9.17) is 35.4 Å². The summed E-state index contributed by atoms with van der Waals surface area (Å²) in [6.07, 6.45) is 2.45. The quantitative estimate of drug-likeness (QED) is 0.403. The number of rotatable bonds is 2. The lowest BCUT2D eigenvalue weighted by atomic mass is 9.60. The van der Waals surface area contributed by atoms with Crippen molar-refractivity contribution in [1.82, 2.24) is 5.32 Å². The predicted molar refractivity (Wildman–Crippen MR) is 125 cm³/mol. The van der Waals surface area contributed by atoms with Gasteiger partial charge < -0.3 is 5.32 Å². The molecule has 7 heteroatoms. The van der Waals surface area contributed by atoms with E-state index in [1.54, 1.807) is 6.07 Å². The van der Waals surface area contributed by atoms with E-state index in [2.05, 4.69) is 10.3 Å². The van der Waals surface area contributed by atoms with Crippen LogP contribution in [0.15, 0.2) is 65.7 Å². The van der Waals surface area contributed by atoms with Gasteiger partial charge in [-0.15, -0.1) is 0 Å². The van der Waals surface area contributed by atoms with E-state index in [-0.39, 0.29) is 5.92 Å². The zero-order valence-electron chi connectivity index (χ0n) is 16.1. The van der Waals surface area contributed by atoms with Crippen molar-refractivity contribution in [2.45, 2.75) is 23.8 Å².